The molecule has 1 heterocycles. The maximum absolute atomic E-state index is 4.38. The van der Waals surface area contributed by atoms with E-state index in [-0.39, 0.29) is 0 Å². The smallest absolute Gasteiger partial charge is 0.203 e. The molecule has 0 spiro atoms. The van der Waals surface area contributed by atoms with Gasteiger partial charge in [0.05, 0.1) is 0 Å². The second-order valence-corrected chi connectivity index (χ2v) is 5.40. The molecule has 0 amide bonds. The van der Waals surface area contributed by atoms with Crippen molar-refractivity contribution in [2.24, 2.45) is 11.8 Å². The van der Waals surface area contributed by atoms with Crippen LogP contribution in [0.15, 0.2) is 25.0 Å². The lowest BCUT2D eigenvalue weighted by molar-refractivity contribution is 0.223. The van der Waals surface area contributed by atoms with Crippen molar-refractivity contribution in [1.29, 1.82) is 0 Å². The van der Waals surface area contributed by atoms with Crippen LogP contribution in [0.3, 0.4) is 0 Å². The standard InChI is InChI=1S/C14H23N3/c1-4-5-15-14-16-6-7-17(14)13-9-11(2)8-12(3)10-13/h4,6-7,11-13H,1,5,8-10H2,2-3H3,(H,15,16). The average Bonchev–Trinajstić information content (AvgIpc) is 2.73. The summed E-state index contributed by atoms with van der Waals surface area (Å²) in [7, 11) is 0. The van der Waals surface area contributed by atoms with Gasteiger partial charge >= 0.3 is 0 Å². The molecule has 1 N–H and O–H groups in total. The first kappa shape index (κ1) is 12.2. The van der Waals surface area contributed by atoms with Crippen molar-refractivity contribution in [3.8, 4) is 0 Å². The fourth-order valence-corrected chi connectivity index (χ4v) is 3.04. The predicted molar refractivity (Wildman–Crippen MR) is 72.1 cm³/mol. The maximum atomic E-state index is 4.38. The molecule has 0 aromatic carbocycles. The fraction of sp³-hybridized carbons (Fsp3) is 0.643. The van der Waals surface area contributed by atoms with E-state index in [1.807, 2.05) is 12.3 Å². The van der Waals surface area contributed by atoms with Gasteiger partial charge in [-0.15, -0.1) is 6.58 Å². The van der Waals surface area contributed by atoms with Crippen LogP contribution in [0.4, 0.5) is 5.95 Å². The van der Waals surface area contributed by atoms with Crippen LogP contribution in [0.1, 0.15) is 39.2 Å². The van der Waals surface area contributed by atoms with E-state index >= 15 is 0 Å². The molecule has 1 saturated carbocycles. The first-order valence-electron chi connectivity index (χ1n) is 6.58. The highest BCUT2D eigenvalue weighted by Crippen LogP contribution is 2.36. The Morgan fingerprint density at radius 3 is 2.76 bits per heavy atom. The van der Waals surface area contributed by atoms with Gasteiger partial charge in [0.1, 0.15) is 0 Å². The van der Waals surface area contributed by atoms with Crippen molar-refractivity contribution in [2.75, 3.05) is 11.9 Å². The minimum absolute atomic E-state index is 0.601. The highest BCUT2D eigenvalue weighted by molar-refractivity contribution is 5.27. The number of hydrogen-bond acceptors (Lipinski definition) is 2. The van der Waals surface area contributed by atoms with Gasteiger partial charge in [-0.3, -0.25) is 0 Å². The zero-order valence-corrected chi connectivity index (χ0v) is 10.9. The molecular weight excluding hydrogens is 210 g/mol. The Kier molecular flexibility index (Phi) is 3.87. The Bertz CT molecular complexity index is 359. The lowest BCUT2D eigenvalue weighted by Gasteiger charge is -2.33. The molecule has 1 fully saturated rings. The first-order chi connectivity index (χ1) is 8.20. The van der Waals surface area contributed by atoms with E-state index in [1.54, 1.807) is 0 Å². The third kappa shape index (κ3) is 2.90. The molecule has 1 aliphatic rings. The zero-order valence-electron chi connectivity index (χ0n) is 10.9. The van der Waals surface area contributed by atoms with Crippen molar-refractivity contribution in [3.63, 3.8) is 0 Å². The van der Waals surface area contributed by atoms with Gasteiger partial charge in [0.15, 0.2) is 0 Å². The van der Waals surface area contributed by atoms with Gasteiger partial charge in [-0.25, -0.2) is 4.98 Å². The van der Waals surface area contributed by atoms with E-state index in [9.17, 15) is 0 Å². The third-order valence-corrected chi connectivity index (χ3v) is 3.62. The van der Waals surface area contributed by atoms with Gasteiger partial charge in [-0.2, -0.15) is 0 Å². The quantitative estimate of drug-likeness (QED) is 0.807. The van der Waals surface area contributed by atoms with Crippen LogP contribution in [0.5, 0.6) is 0 Å². The van der Waals surface area contributed by atoms with Crippen LogP contribution in [0.25, 0.3) is 0 Å². The van der Waals surface area contributed by atoms with E-state index in [0.29, 0.717) is 6.04 Å². The van der Waals surface area contributed by atoms with Gasteiger partial charge in [0.2, 0.25) is 5.95 Å². The van der Waals surface area contributed by atoms with Crippen molar-refractivity contribution in [2.45, 2.75) is 39.2 Å². The Morgan fingerprint density at radius 1 is 1.41 bits per heavy atom. The summed E-state index contributed by atoms with van der Waals surface area (Å²) in [6, 6.07) is 0.601. The molecule has 1 aromatic rings. The van der Waals surface area contributed by atoms with Gasteiger partial charge < -0.3 is 9.88 Å². The lowest BCUT2D eigenvalue weighted by atomic mass is 9.80. The second kappa shape index (κ2) is 5.39. The van der Waals surface area contributed by atoms with Crippen molar-refractivity contribution in [3.05, 3.63) is 25.0 Å². The summed E-state index contributed by atoms with van der Waals surface area (Å²) in [6.07, 6.45) is 9.74. The molecule has 3 nitrogen and oxygen atoms in total. The van der Waals surface area contributed by atoms with Gasteiger partial charge in [0.25, 0.3) is 0 Å². The Hall–Kier alpha value is -1.25. The number of anilines is 1. The van der Waals surface area contributed by atoms with Crippen LogP contribution >= 0.6 is 0 Å². The largest absolute Gasteiger partial charge is 0.352 e. The molecule has 3 heteroatoms. The molecule has 0 bridgehead atoms. The summed E-state index contributed by atoms with van der Waals surface area (Å²) >= 11 is 0. The number of imidazole rings is 1. The van der Waals surface area contributed by atoms with Gasteiger partial charge in [-0.1, -0.05) is 19.9 Å². The molecule has 2 unspecified atom stereocenters. The minimum Gasteiger partial charge on any atom is -0.352 e. The first-order valence-corrected chi connectivity index (χ1v) is 6.58. The lowest BCUT2D eigenvalue weighted by Crippen LogP contribution is -2.23. The topological polar surface area (TPSA) is 29.9 Å². The molecule has 2 rings (SSSR count). The van der Waals surface area contributed by atoms with Crippen LogP contribution in [-0.2, 0) is 0 Å². The zero-order chi connectivity index (χ0) is 12.3. The summed E-state index contributed by atoms with van der Waals surface area (Å²) in [5.41, 5.74) is 0. The van der Waals surface area contributed by atoms with Gasteiger partial charge in [0, 0.05) is 25.0 Å². The Morgan fingerprint density at radius 2 is 2.12 bits per heavy atom. The molecule has 94 valence electrons. The summed E-state index contributed by atoms with van der Waals surface area (Å²) < 4.78 is 2.30. The number of aromatic nitrogens is 2. The Labute approximate surface area is 104 Å². The molecular formula is C14H23N3. The second-order valence-electron chi connectivity index (χ2n) is 5.40. The SMILES string of the molecule is C=CCNc1nccn1C1CC(C)CC(C)C1. The highest BCUT2D eigenvalue weighted by Gasteiger charge is 2.26. The predicted octanol–water partition coefficient (Wildman–Crippen LogP) is 3.48. The molecule has 1 aromatic heterocycles. The van der Waals surface area contributed by atoms with Crippen LogP contribution in [0.2, 0.25) is 0 Å². The minimum atomic E-state index is 0.601. The molecule has 1 aliphatic carbocycles. The van der Waals surface area contributed by atoms with E-state index in [4.69, 9.17) is 0 Å². The number of nitrogens with zero attached hydrogens (tertiary/aromatic N) is 2. The maximum Gasteiger partial charge on any atom is 0.203 e. The monoisotopic (exact) mass is 233 g/mol. The van der Waals surface area contributed by atoms with Gasteiger partial charge in [-0.05, 0) is 31.1 Å². The van der Waals surface area contributed by atoms with Crippen molar-refractivity contribution < 1.29 is 0 Å². The summed E-state index contributed by atoms with van der Waals surface area (Å²) in [4.78, 5) is 4.38. The number of rotatable bonds is 4. The molecule has 2 atom stereocenters. The van der Waals surface area contributed by atoms with E-state index in [1.165, 1.54) is 19.3 Å². The normalized spacial score (nSPS) is 28.9. The molecule has 0 radical (unpaired) electrons. The van der Waals surface area contributed by atoms with E-state index < -0.39 is 0 Å². The summed E-state index contributed by atoms with van der Waals surface area (Å²) in [5, 5.41) is 3.30. The number of hydrogen-bond donors (Lipinski definition) is 1. The van der Waals surface area contributed by atoms with Crippen LogP contribution in [0, 0.1) is 11.8 Å². The third-order valence-electron chi connectivity index (χ3n) is 3.62. The number of nitrogens with one attached hydrogen (secondary N) is 1. The van der Waals surface area contributed by atoms with Crippen LogP contribution < -0.4 is 5.32 Å². The highest BCUT2D eigenvalue weighted by atomic mass is 15.2. The molecule has 17 heavy (non-hydrogen) atoms. The molecule has 0 aliphatic heterocycles. The van der Waals surface area contributed by atoms with E-state index in [0.717, 1.165) is 24.3 Å². The summed E-state index contributed by atoms with van der Waals surface area (Å²) in [5.74, 6) is 2.62. The van der Waals surface area contributed by atoms with E-state index in [2.05, 4.69) is 41.5 Å². The van der Waals surface area contributed by atoms with Crippen molar-refractivity contribution in [1.82, 2.24) is 9.55 Å². The Balaban J connectivity index is 2.10. The van der Waals surface area contributed by atoms with Crippen molar-refractivity contribution >= 4 is 5.95 Å². The fourth-order valence-electron chi connectivity index (χ4n) is 3.04. The summed E-state index contributed by atoms with van der Waals surface area (Å²) in [6.45, 7) is 9.21. The van der Waals surface area contributed by atoms with Crippen LogP contribution in [-0.4, -0.2) is 16.1 Å². The molecule has 0 saturated heterocycles. The average molecular weight is 233 g/mol.